The normalized spacial score (nSPS) is 14.5. The molecule has 0 saturated carbocycles. The standard InChI is InChI=1S/C17H18N4/c1-12-4-3-5-14-8-9-20(11-15(12)14)17-7-6-16-18-13(2)10-21(16)19-17/h3-7,10H,8-9,11H2,1-2H3. The van der Waals surface area contributed by atoms with Gasteiger partial charge in [-0.25, -0.2) is 9.50 Å². The zero-order valence-corrected chi connectivity index (χ0v) is 12.4. The van der Waals surface area contributed by atoms with Gasteiger partial charge in [-0.05, 0) is 49.1 Å². The zero-order valence-electron chi connectivity index (χ0n) is 12.4. The van der Waals surface area contributed by atoms with Gasteiger partial charge in [0.15, 0.2) is 5.65 Å². The van der Waals surface area contributed by atoms with Crippen molar-refractivity contribution in [3.63, 3.8) is 0 Å². The van der Waals surface area contributed by atoms with E-state index in [0.717, 1.165) is 36.7 Å². The van der Waals surface area contributed by atoms with Gasteiger partial charge in [-0.3, -0.25) is 0 Å². The summed E-state index contributed by atoms with van der Waals surface area (Å²) in [6.07, 6.45) is 3.06. The van der Waals surface area contributed by atoms with Crippen molar-refractivity contribution < 1.29 is 0 Å². The van der Waals surface area contributed by atoms with Crippen LogP contribution in [-0.4, -0.2) is 21.1 Å². The molecule has 21 heavy (non-hydrogen) atoms. The van der Waals surface area contributed by atoms with E-state index in [1.807, 2.05) is 23.7 Å². The summed E-state index contributed by atoms with van der Waals surface area (Å²) >= 11 is 0. The van der Waals surface area contributed by atoms with Crippen molar-refractivity contribution in [1.29, 1.82) is 0 Å². The van der Waals surface area contributed by atoms with Crippen LogP contribution in [0.4, 0.5) is 5.82 Å². The molecule has 0 N–H and O–H groups in total. The molecule has 1 aromatic carbocycles. The van der Waals surface area contributed by atoms with E-state index < -0.39 is 0 Å². The first kappa shape index (κ1) is 12.4. The maximum absolute atomic E-state index is 4.70. The van der Waals surface area contributed by atoms with Gasteiger partial charge in [-0.1, -0.05) is 18.2 Å². The molecule has 0 saturated heterocycles. The largest absolute Gasteiger partial charge is 0.350 e. The lowest BCUT2D eigenvalue weighted by Crippen LogP contribution is -2.31. The average Bonchev–Trinajstić information content (AvgIpc) is 2.86. The summed E-state index contributed by atoms with van der Waals surface area (Å²) in [6, 6.07) is 10.7. The maximum atomic E-state index is 4.70. The van der Waals surface area contributed by atoms with Crippen LogP contribution in [0, 0.1) is 13.8 Å². The number of anilines is 1. The number of fused-ring (bicyclic) bond motifs is 2. The molecule has 0 aliphatic carbocycles. The third-order valence-corrected chi connectivity index (χ3v) is 4.26. The van der Waals surface area contributed by atoms with E-state index in [1.165, 1.54) is 16.7 Å². The molecular weight excluding hydrogens is 260 g/mol. The lowest BCUT2D eigenvalue weighted by atomic mass is 9.96. The highest BCUT2D eigenvalue weighted by Crippen LogP contribution is 2.25. The monoisotopic (exact) mass is 278 g/mol. The lowest BCUT2D eigenvalue weighted by Gasteiger charge is -2.30. The summed E-state index contributed by atoms with van der Waals surface area (Å²) in [5.41, 5.74) is 6.21. The van der Waals surface area contributed by atoms with Crippen LogP contribution >= 0.6 is 0 Å². The fourth-order valence-corrected chi connectivity index (χ4v) is 3.10. The molecule has 4 rings (SSSR count). The molecule has 1 aliphatic heterocycles. The molecule has 0 spiro atoms. The van der Waals surface area contributed by atoms with E-state index in [9.17, 15) is 0 Å². The minimum atomic E-state index is 0.907. The molecule has 4 nitrogen and oxygen atoms in total. The number of aromatic nitrogens is 3. The second-order valence-corrected chi connectivity index (χ2v) is 5.76. The van der Waals surface area contributed by atoms with Crippen molar-refractivity contribution in [2.45, 2.75) is 26.8 Å². The maximum Gasteiger partial charge on any atom is 0.153 e. The van der Waals surface area contributed by atoms with Crippen molar-refractivity contribution in [3.8, 4) is 0 Å². The summed E-state index contributed by atoms with van der Waals surface area (Å²) in [6.45, 7) is 6.14. The first-order chi connectivity index (χ1) is 10.2. The molecule has 3 aromatic rings. The fourth-order valence-electron chi connectivity index (χ4n) is 3.10. The molecular formula is C17H18N4. The third-order valence-electron chi connectivity index (χ3n) is 4.26. The number of hydrogen-bond donors (Lipinski definition) is 0. The van der Waals surface area contributed by atoms with E-state index >= 15 is 0 Å². The van der Waals surface area contributed by atoms with Crippen LogP contribution in [0.2, 0.25) is 0 Å². The zero-order chi connectivity index (χ0) is 14.4. The molecule has 0 fully saturated rings. The molecule has 0 radical (unpaired) electrons. The van der Waals surface area contributed by atoms with Gasteiger partial charge in [0, 0.05) is 13.1 Å². The minimum absolute atomic E-state index is 0.907. The first-order valence-corrected chi connectivity index (χ1v) is 7.36. The predicted molar refractivity (Wildman–Crippen MR) is 83.7 cm³/mol. The molecule has 3 heterocycles. The molecule has 0 unspecified atom stereocenters. The first-order valence-electron chi connectivity index (χ1n) is 7.36. The van der Waals surface area contributed by atoms with Crippen LogP contribution in [0.25, 0.3) is 5.65 Å². The Morgan fingerprint density at radius 2 is 2.00 bits per heavy atom. The Kier molecular flexibility index (Phi) is 2.70. The Bertz CT molecular complexity index is 819. The third kappa shape index (κ3) is 2.07. The second kappa shape index (κ2) is 4.58. The Morgan fingerprint density at radius 1 is 1.10 bits per heavy atom. The minimum Gasteiger partial charge on any atom is -0.350 e. The van der Waals surface area contributed by atoms with Gasteiger partial charge >= 0.3 is 0 Å². The summed E-state index contributed by atoms with van der Waals surface area (Å²) in [5, 5.41) is 4.70. The molecule has 0 atom stereocenters. The summed E-state index contributed by atoms with van der Waals surface area (Å²) in [4.78, 5) is 6.78. The highest BCUT2D eigenvalue weighted by molar-refractivity contribution is 5.49. The quantitative estimate of drug-likeness (QED) is 0.686. The van der Waals surface area contributed by atoms with Crippen LogP contribution in [-0.2, 0) is 13.0 Å². The Labute approximate surface area is 124 Å². The van der Waals surface area contributed by atoms with Gasteiger partial charge in [0.2, 0.25) is 0 Å². The van der Waals surface area contributed by atoms with E-state index in [0.29, 0.717) is 0 Å². The van der Waals surface area contributed by atoms with Crippen LogP contribution in [0.3, 0.4) is 0 Å². The van der Waals surface area contributed by atoms with Gasteiger partial charge in [0.05, 0.1) is 11.9 Å². The Hall–Kier alpha value is -2.36. The lowest BCUT2D eigenvalue weighted by molar-refractivity contribution is 0.704. The van der Waals surface area contributed by atoms with Crippen molar-refractivity contribution >= 4 is 11.5 Å². The van der Waals surface area contributed by atoms with Gasteiger partial charge in [-0.2, -0.15) is 0 Å². The van der Waals surface area contributed by atoms with Crippen molar-refractivity contribution in [1.82, 2.24) is 14.6 Å². The number of rotatable bonds is 1. The van der Waals surface area contributed by atoms with Gasteiger partial charge < -0.3 is 4.90 Å². The molecule has 106 valence electrons. The average molecular weight is 278 g/mol. The summed E-state index contributed by atoms with van der Waals surface area (Å²) in [5.74, 6) is 1.02. The second-order valence-electron chi connectivity index (χ2n) is 5.76. The number of imidazole rings is 1. The van der Waals surface area contributed by atoms with E-state index in [2.05, 4.69) is 41.1 Å². The van der Waals surface area contributed by atoms with Gasteiger partial charge in [0.1, 0.15) is 5.82 Å². The molecule has 1 aliphatic rings. The van der Waals surface area contributed by atoms with Gasteiger partial charge in [0.25, 0.3) is 0 Å². The van der Waals surface area contributed by atoms with Crippen molar-refractivity contribution in [2.75, 3.05) is 11.4 Å². The highest BCUT2D eigenvalue weighted by Gasteiger charge is 2.19. The van der Waals surface area contributed by atoms with Crippen molar-refractivity contribution in [2.24, 2.45) is 0 Å². The SMILES string of the molecule is Cc1cn2nc(N3CCc4cccc(C)c4C3)ccc2n1. The molecule has 0 amide bonds. The van der Waals surface area contributed by atoms with E-state index in [4.69, 9.17) is 5.10 Å². The Balaban J connectivity index is 1.71. The van der Waals surface area contributed by atoms with Crippen molar-refractivity contribution in [3.05, 3.63) is 58.9 Å². The topological polar surface area (TPSA) is 33.4 Å². The van der Waals surface area contributed by atoms with Crippen LogP contribution in [0.5, 0.6) is 0 Å². The number of nitrogens with zero attached hydrogens (tertiary/aromatic N) is 4. The predicted octanol–water partition coefficient (Wildman–Crippen LogP) is 2.91. The summed E-state index contributed by atoms with van der Waals surface area (Å²) < 4.78 is 1.87. The Morgan fingerprint density at radius 3 is 2.90 bits per heavy atom. The highest BCUT2D eigenvalue weighted by atomic mass is 15.3. The summed E-state index contributed by atoms with van der Waals surface area (Å²) in [7, 11) is 0. The molecule has 4 heteroatoms. The fraction of sp³-hybridized carbons (Fsp3) is 0.294. The smallest absolute Gasteiger partial charge is 0.153 e. The molecule has 0 bridgehead atoms. The molecule has 2 aromatic heterocycles. The number of aryl methyl sites for hydroxylation is 2. The van der Waals surface area contributed by atoms with Crippen LogP contribution in [0.1, 0.15) is 22.4 Å². The van der Waals surface area contributed by atoms with Gasteiger partial charge in [-0.15, -0.1) is 5.10 Å². The number of benzene rings is 1. The van der Waals surface area contributed by atoms with Crippen LogP contribution < -0.4 is 4.90 Å². The van der Waals surface area contributed by atoms with E-state index in [1.54, 1.807) is 0 Å². The van der Waals surface area contributed by atoms with E-state index in [-0.39, 0.29) is 0 Å². The van der Waals surface area contributed by atoms with Crippen LogP contribution in [0.15, 0.2) is 36.5 Å². The number of hydrogen-bond acceptors (Lipinski definition) is 3.